The van der Waals surface area contributed by atoms with Crippen molar-refractivity contribution in [3.8, 4) is 18.4 Å². The van der Waals surface area contributed by atoms with Crippen LogP contribution in [0, 0.1) is 35.0 Å². The molecular formula is C26H35N5O3S. The van der Waals surface area contributed by atoms with Crippen molar-refractivity contribution in [2.75, 3.05) is 36.9 Å². The molecule has 188 valence electrons. The van der Waals surface area contributed by atoms with Crippen molar-refractivity contribution in [3.63, 3.8) is 0 Å². The highest BCUT2D eigenvalue weighted by atomic mass is 32.2. The number of terminal acetylenes is 1. The van der Waals surface area contributed by atoms with Gasteiger partial charge in [-0.3, -0.25) is 14.4 Å². The van der Waals surface area contributed by atoms with Crippen molar-refractivity contribution in [1.82, 2.24) is 10.2 Å². The number of amides is 3. The van der Waals surface area contributed by atoms with E-state index in [-0.39, 0.29) is 35.4 Å². The maximum absolute atomic E-state index is 12.9. The SMILES string of the molecule is C#CCNC(=O)C(C#N)CC1SC(CCNc2cccc(N(C)C(=O)C(C)(C)C)c2)C(=O)N1CC. The van der Waals surface area contributed by atoms with Gasteiger partial charge in [-0.15, -0.1) is 18.2 Å². The molecule has 3 amide bonds. The third kappa shape index (κ3) is 7.40. The van der Waals surface area contributed by atoms with Gasteiger partial charge in [0.05, 0.1) is 23.2 Å². The molecule has 1 fully saturated rings. The molecule has 35 heavy (non-hydrogen) atoms. The molecule has 9 heteroatoms. The Labute approximate surface area is 212 Å². The average Bonchev–Trinajstić information content (AvgIpc) is 3.13. The molecule has 0 aliphatic carbocycles. The van der Waals surface area contributed by atoms with Crippen molar-refractivity contribution >= 4 is 40.9 Å². The lowest BCUT2D eigenvalue weighted by Crippen LogP contribution is -2.38. The van der Waals surface area contributed by atoms with Crippen molar-refractivity contribution in [3.05, 3.63) is 24.3 Å². The van der Waals surface area contributed by atoms with Gasteiger partial charge in [0.25, 0.3) is 0 Å². The van der Waals surface area contributed by atoms with Crippen LogP contribution >= 0.6 is 11.8 Å². The minimum atomic E-state index is -0.866. The summed E-state index contributed by atoms with van der Waals surface area (Å²) in [5.74, 6) is 1.10. The molecule has 3 atom stereocenters. The summed E-state index contributed by atoms with van der Waals surface area (Å²) in [5, 5.41) is 14.8. The van der Waals surface area contributed by atoms with Crippen molar-refractivity contribution in [2.24, 2.45) is 11.3 Å². The molecule has 0 saturated carbocycles. The van der Waals surface area contributed by atoms with E-state index in [0.29, 0.717) is 19.5 Å². The van der Waals surface area contributed by atoms with E-state index in [9.17, 15) is 19.6 Å². The third-order valence-electron chi connectivity index (χ3n) is 5.76. The van der Waals surface area contributed by atoms with Crippen LogP contribution in [0.4, 0.5) is 11.4 Å². The van der Waals surface area contributed by atoms with Gasteiger partial charge in [-0.25, -0.2) is 0 Å². The Bertz CT molecular complexity index is 1010. The molecule has 1 aromatic carbocycles. The average molecular weight is 498 g/mol. The Morgan fingerprint density at radius 2 is 2.06 bits per heavy atom. The van der Waals surface area contributed by atoms with Crippen LogP contribution in [-0.4, -0.2) is 59.9 Å². The second-order valence-corrected chi connectivity index (χ2v) is 10.8. The van der Waals surface area contributed by atoms with E-state index in [1.807, 2.05) is 58.0 Å². The Morgan fingerprint density at radius 1 is 1.34 bits per heavy atom. The highest BCUT2D eigenvalue weighted by Crippen LogP contribution is 2.37. The Hall–Kier alpha value is -3.17. The summed E-state index contributed by atoms with van der Waals surface area (Å²) in [6.45, 7) is 8.71. The summed E-state index contributed by atoms with van der Waals surface area (Å²) in [6, 6.07) is 9.66. The summed E-state index contributed by atoms with van der Waals surface area (Å²) in [6.07, 6.45) is 6.03. The minimum Gasteiger partial charge on any atom is -0.385 e. The van der Waals surface area contributed by atoms with Crippen LogP contribution in [0.1, 0.15) is 40.5 Å². The normalized spacial score (nSPS) is 18.4. The van der Waals surface area contributed by atoms with Crippen molar-refractivity contribution in [1.29, 1.82) is 5.26 Å². The first-order chi connectivity index (χ1) is 16.5. The molecule has 2 rings (SSSR count). The van der Waals surface area contributed by atoms with E-state index in [1.54, 1.807) is 16.8 Å². The van der Waals surface area contributed by atoms with Gasteiger partial charge in [-0.1, -0.05) is 32.8 Å². The van der Waals surface area contributed by atoms with E-state index in [2.05, 4.69) is 16.6 Å². The number of nitrogens with one attached hydrogen (secondary N) is 2. The summed E-state index contributed by atoms with van der Waals surface area (Å²) < 4.78 is 0. The zero-order valence-corrected chi connectivity index (χ0v) is 21.9. The fourth-order valence-electron chi connectivity index (χ4n) is 3.86. The molecule has 0 aromatic heterocycles. The third-order valence-corrected chi connectivity index (χ3v) is 7.28. The number of nitriles is 1. The monoisotopic (exact) mass is 497 g/mol. The number of carbonyl (C=O) groups excluding carboxylic acids is 3. The van der Waals surface area contributed by atoms with Crippen LogP contribution in [0.5, 0.6) is 0 Å². The molecule has 1 aliphatic heterocycles. The predicted octanol–water partition coefficient (Wildman–Crippen LogP) is 3.07. The van der Waals surface area contributed by atoms with E-state index < -0.39 is 17.2 Å². The Balaban J connectivity index is 1.97. The minimum absolute atomic E-state index is 0.0225. The molecule has 8 nitrogen and oxygen atoms in total. The van der Waals surface area contributed by atoms with Gasteiger partial charge >= 0.3 is 0 Å². The van der Waals surface area contributed by atoms with Crippen LogP contribution in [0.25, 0.3) is 0 Å². The molecule has 0 spiro atoms. The highest BCUT2D eigenvalue weighted by Gasteiger charge is 2.40. The fourth-order valence-corrected chi connectivity index (χ4v) is 5.44. The standard InChI is InChI=1S/C26H35N5O3S/c1-7-13-29-23(32)18(17-27)15-22-31(8-2)24(33)21(35-22)12-14-28-19-10-9-11-20(16-19)30(6)25(34)26(3,4)5/h1,9-11,16,18,21-22,28H,8,12-15H2,2-6H3,(H,29,32). The summed E-state index contributed by atoms with van der Waals surface area (Å²) in [4.78, 5) is 41.1. The van der Waals surface area contributed by atoms with Gasteiger partial charge in [0.2, 0.25) is 17.7 Å². The van der Waals surface area contributed by atoms with E-state index in [0.717, 1.165) is 11.4 Å². The van der Waals surface area contributed by atoms with Gasteiger partial charge in [-0.05, 0) is 31.5 Å². The lowest BCUT2D eigenvalue weighted by molar-refractivity contribution is -0.131. The number of hydrogen-bond donors (Lipinski definition) is 2. The topological polar surface area (TPSA) is 106 Å². The van der Waals surface area contributed by atoms with Crippen LogP contribution in [0.15, 0.2) is 24.3 Å². The fraction of sp³-hybridized carbons (Fsp3) is 0.538. The zero-order chi connectivity index (χ0) is 26.2. The molecule has 3 unspecified atom stereocenters. The molecule has 0 bridgehead atoms. The van der Waals surface area contributed by atoms with E-state index in [4.69, 9.17) is 6.42 Å². The number of nitrogens with zero attached hydrogens (tertiary/aromatic N) is 3. The maximum Gasteiger partial charge on any atom is 0.238 e. The summed E-state index contributed by atoms with van der Waals surface area (Å²) >= 11 is 1.50. The van der Waals surface area contributed by atoms with Gasteiger partial charge in [0.1, 0.15) is 5.92 Å². The van der Waals surface area contributed by atoms with E-state index in [1.165, 1.54) is 11.8 Å². The number of rotatable bonds is 10. The number of hydrogen-bond acceptors (Lipinski definition) is 6. The molecule has 1 aliphatic rings. The number of thioether (sulfide) groups is 1. The highest BCUT2D eigenvalue weighted by molar-refractivity contribution is 8.01. The lowest BCUT2D eigenvalue weighted by atomic mass is 9.94. The van der Waals surface area contributed by atoms with Gasteiger partial charge in [0.15, 0.2) is 0 Å². The molecule has 1 heterocycles. The van der Waals surface area contributed by atoms with Crippen molar-refractivity contribution in [2.45, 2.75) is 51.2 Å². The Kier molecular flexibility index (Phi) is 10.0. The van der Waals surface area contributed by atoms with Gasteiger partial charge in [0, 0.05) is 43.3 Å². The first-order valence-corrected chi connectivity index (χ1v) is 12.7. The Morgan fingerprint density at radius 3 is 2.66 bits per heavy atom. The number of carbonyl (C=O) groups is 3. The van der Waals surface area contributed by atoms with Gasteiger partial charge in [-0.2, -0.15) is 5.26 Å². The first kappa shape index (κ1) is 28.1. The van der Waals surface area contributed by atoms with Crippen LogP contribution < -0.4 is 15.5 Å². The van der Waals surface area contributed by atoms with Crippen LogP contribution in [-0.2, 0) is 14.4 Å². The maximum atomic E-state index is 12.9. The van der Waals surface area contributed by atoms with Gasteiger partial charge < -0.3 is 20.4 Å². The smallest absolute Gasteiger partial charge is 0.238 e. The van der Waals surface area contributed by atoms with Crippen molar-refractivity contribution < 1.29 is 14.4 Å². The van der Waals surface area contributed by atoms with E-state index >= 15 is 0 Å². The molecule has 1 aromatic rings. The summed E-state index contributed by atoms with van der Waals surface area (Å²) in [7, 11) is 1.77. The summed E-state index contributed by atoms with van der Waals surface area (Å²) in [5.41, 5.74) is 1.18. The number of benzene rings is 1. The molecular weight excluding hydrogens is 462 g/mol. The number of anilines is 2. The zero-order valence-electron chi connectivity index (χ0n) is 21.1. The quantitative estimate of drug-likeness (QED) is 0.482. The lowest BCUT2D eigenvalue weighted by Gasteiger charge is -2.26. The second kappa shape index (κ2) is 12.5. The van der Waals surface area contributed by atoms with Crippen LogP contribution in [0.3, 0.4) is 0 Å². The molecule has 1 saturated heterocycles. The predicted molar refractivity (Wildman–Crippen MR) is 141 cm³/mol. The molecule has 2 N–H and O–H groups in total. The molecule has 0 radical (unpaired) electrons. The second-order valence-electron chi connectivity index (χ2n) is 9.42. The van der Waals surface area contributed by atoms with Crippen LogP contribution in [0.2, 0.25) is 0 Å². The first-order valence-electron chi connectivity index (χ1n) is 11.7. The largest absolute Gasteiger partial charge is 0.385 e.